The Bertz CT molecular complexity index is 798. The second-order valence-electron chi connectivity index (χ2n) is 5.05. The van der Waals surface area contributed by atoms with Gasteiger partial charge in [-0.25, -0.2) is 8.78 Å². The molecule has 0 aliphatic carbocycles. The van der Waals surface area contributed by atoms with E-state index >= 15 is 0 Å². The lowest BCUT2D eigenvalue weighted by Crippen LogP contribution is -2.10. The molecule has 2 N–H and O–H groups in total. The van der Waals surface area contributed by atoms with Crippen LogP contribution in [0.4, 0.5) is 8.78 Å². The molecule has 22 heavy (non-hydrogen) atoms. The maximum atomic E-state index is 13.5. The molecule has 3 rings (SSSR count). The molecule has 0 spiro atoms. The van der Waals surface area contributed by atoms with Crippen LogP contribution in [0.25, 0.3) is 10.9 Å². The molecule has 3 aromatic rings. The normalized spacial score (nSPS) is 11.2. The van der Waals surface area contributed by atoms with Gasteiger partial charge in [0.2, 0.25) is 0 Å². The molecule has 0 atom stereocenters. The zero-order chi connectivity index (χ0) is 15.5. The Morgan fingerprint density at radius 2 is 1.82 bits per heavy atom. The quantitative estimate of drug-likeness (QED) is 0.731. The number of fused-ring (bicyclic) bond motifs is 1. The Morgan fingerprint density at radius 1 is 1.05 bits per heavy atom. The topological polar surface area (TPSA) is 27.8 Å². The van der Waals surface area contributed by atoms with Crippen molar-refractivity contribution in [1.82, 2.24) is 10.3 Å². The SMILES string of the molecule is CNCCc1cc(F)ccc1Sc1c[nH]c2cc(F)ccc12. The largest absolute Gasteiger partial charge is 0.360 e. The first-order valence-corrected chi connectivity index (χ1v) is 7.86. The fraction of sp³-hybridized carbons (Fsp3) is 0.176. The summed E-state index contributed by atoms with van der Waals surface area (Å²) in [5.74, 6) is -0.487. The molecule has 1 heterocycles. The monoisotopic (exact) mass is 318 g/mol. The van der Waals surface area contributed by atoms with Gasteiger partial charge in [-0.05, 0) is 62.0 Å². The molecule has 0 bridgehead atoms. The van der Waals surface area contributed by atoms with Gasteiger partial charge in [0.15, 0.2) is 0 Å². The number of aromatic amines is 1. The van der Waals surface area contributed by atoms with Crippen LogP contribution in [0.5, 0.6) is 0 Å². The minimum atomic E-state index is -0.262. The first-order chi connectivity index (χ1) is 10.7. The van der Waals surface area contributed by atoms with E-state index < -0.39 is 0 Å². The Labute approximate surface area is 131 Å². The third kappa shape index (κ3) is 3.15. The van der Waals surface area contributed by atoms with Crippen molar-refractivity contribution in [3.8, 4) is 0 Å². The summed E-state index contributed by atoms with van der Waals surface area (Å²) < 4.78 is 26.7. The van der Waals surface area contributed by atoms with Crippen LogP contribution in [-0.4, -0.2) is 18.6 Å². The summed E-state index contributed by atoms with van der Waals surface area (Å²) in [6.07, 6.45) is 2.62. The van der Waals surface area contributed by atoms with E-state index in [2.05, 4.69) is 10.3 Å². The first-order valence-electron chi connectivity index (χ1n) is 7.05. The Balaban J connectivity index is 1.94. The average Bonchev–Trinajstić information content (AvgIpc) is 2.89. The molecule has 0 unspecified atom stereocenters. The van der Waals surface area contributed by atoms with E-state index in [-0.39, 0.29) is 11.6 Å². The van der Waals surface area contributed by atoms with Crippen molar-refractivity contribution in [2.45, 2.75) is 16.2 Å². The van der Waals surface area contributed by atoms with Crippen molar-refractivity contribution in [2.75, 3.05) is 13.6 Å². The lowest BCUT2D eigenvalue weighted by Gasteiger charge is -2.09. The molecule has 5 heteroatoms. The highest BCUT2D eigenvalue weighted by Gasteiger charge is 2.10. The van der Waals surface area contributed by atoms with E-state index in [0.29, 0.717) is 0 Å². The molecule has 0 saturated heterocycles. The lowest BCUT2D eigenvalue weighted by molar-refractivity contribution is 0.622. The zero-order valence-electron chi connectivity index (χ0n) is 12.1. The van der Waals surface area contributed by atoms with Crippen molar-refractivity contribution in [3.63, 3.8) is 0 Å². The molecular formula is C17H16F2N2S. The Morgan fingerprint density at radius 3 is 2.64 bits per heavy atom. The predicted octanol–water partition coefficient (Wildman–Crippen LogP) is 4.36. The number of likely N-dealkylation sites (N-methyl/N-ethyl adjacent to an activating group) is 1. The molecule has 2 nitrogen and oxygen atoms in total. The summed E-state index contributed by atoms with van der Waals surface area (Å²) in [4.78, 5) is 5.10. The van der Waals surface area contributed by atoms with Gasteiger partial charge in [-0.3, -0.25) is 0 Å². The van der Waals surface area contributed by atoms with Crippen molar-refractivity contribution in [3.05, 3.63) is 59.8 Å². The molecule has 0 fully saturated rings. The standard InChI is InChI=1S/C17H16F2N2S/c1-20-7-6-11-8-12(18)3-5-16(11)22-17-10-21-15-9-13(19)2-4-14(15)17/h2-5,8-10,20-21H,6-7H2,1H3. The van der Waals surface area contributed by atoms with Crippen LogP contribution in [-0.2, 0) is 6.42 Å². The Kier molecular flexibility index (Phi) is 4.45. The summed E-state index contributed by atoms with van der Waals surface area (Å²) in [7, 11) is 1.88. The number of aromatic nitrogens is 1. The number of benzene rings is 2. The Hall–Kier alpha value is -1.85. The lowest BCUT2D eigenvalue weighted by atomic mass is 10.1. The van der Waals surface area contributed by atoms with Gasteiger partial charge in [0.25, 0.3) is 0 Å². The summed E-state index contributed by atoms with van der Waals surface area (Å²) in [5.41, 5.74) is 1.73. The zero-order valence-corrected chi connectivity index (χ0v) is 12.9. The van der Waals surface area contributed by atoms with Crippen LogP contribution in [0.1, 0.15) is 5.56 Å². The molecule has 0 radical (unpaired) electrons. The molecule has 0 saturated carbocycles. The number of nitrogens with one attached hydrogen (secondary N) is 2. The average molecular weight is 318 g/mol. The van der Waals surface area contributed by atoms with Crippen molar-refractivity contribution >= 4 is 22.7 Å². The van der Waals surface area contributed by atoms with Gasteiger partial charge in [0.05, 0.1) is 0 Å². The van der Waals surface area contributed by atoms with E-state index in [9.17, 15) is 8.78 Å². The van der Waals surface area contributed by atoms with Crippen LogP contribution >= 0.6 is 11.8 Å². The number of hydrogen-bond donors (Lipinski definition) is 2. The van der Waals surface area contributed by atoms with Gasteiger partial charge in [0, 0.05) is 26.9 Å². The molecular weight excluding hydrogens is 302 g/mol. The third-order valence-corrected chi connectivity index (χ3v) is 4.67. The number of hydrogen-bond acceptors (Lipinski definition) is 2. The third-order valence-electron chi connectivity index (χ3n) is 3.49. The van der Waals surface area contributed by atoms with Crippen molar-refractivity contribution in [2.24, 2.45) is 0 Å². The van der Waals surface area contributed by atoms with E-state index in [1.807, 2.05) is 13.2 Å². The highest BCUT2D eigenvalue weighted by atomic mass is 32.2. The molecule has 0 aliphatic rings. The van der Waals surface area contributed by atoms with E-state index in [1.54, 1.807) is 30.0 Å². The van der Waals surface area contributed by atoms with E-state index in [4.69, 9.17) is 0 Å². The fourth-order valence-corrected chi connectivity index (χ4v) is 3.45. The molecule has 2 aromatic carbocycles. The molecule has 1 aromatic heterocycles. The maximum absolute atomic E-state index is 13.5. The first kappa shape index (κ1) is 15.1. The smallest absolute Gasteiger partial charge is 0.125 e. The highest BCUT2D eigenvalue weighted by molar-refractivity contribution is 7.99. The summed E-state index contributed by atoms with van der Waals surface area (Å²) in [6.45, 7) is 0.788. The molecule has 0 aliphatic heterocycles. The second kappa shape index (κ2) is 6.50. The highest BCUT2D eigenvalue weighted by Crippen LogP contribution is 2.36. The number of rotatable bonds is 5. The van der Waals surface area contributed by atoms with Gasteiger partial charge in [-0.2, -0.15) is 0 Å². The molecule has 114 valence electrons. The number of halogens is 2. The summed E-state index contributed by atoms with van der Waals surface area (Å²) >= 11 is 1.57. The van der Waals surface area contributed by atoms with Gasteiger partial charge < -0.3 is 10.3 Å². The fourth-order valence-electron chi connectivity index (χ4n) is 2.38. The summed E-state index contributed by atoms with van der Waals surface area (Å²) in [5, 5.41) is 4.05. The minimum absolute atomic E-state index is 0.226. The van der Waals surface area contributed by atoms with Gasteiger partial charge in [-0.15, -0.1) is 0 Å². The number of H-pyrrole nitrogens is 1. The van der Waals surface area contributed by atoms with Gasteiger partial charge in [0.1, 0.15) is 11.6 Å². The van der Waals surface area contributed by atoms with Crippen LogP contribution in [0.3, 0.4) is 0 Å². The van der Waals surface area contributed by atoms with Crippen molar-refractivity contribution in [1.29, 1.82) is 0 Å². The minimum Gasteiger partial charge on any atom is -0.360 e. The maximum Gasteiger partial charge on any atom is 0.125 e. The van der Waals surface area contributed by atoms with Crippen LogP contribution in [0.2, 0.25) is 0 Å². The molecule has 0 amide bonds. The predicted molar refractivity (Wildman–Crippen MR) is 86.4 cm³/mol. The summed E-state index contributed by atoms with van der Waals surface area (Å²) in [6, 6.07) is 9.54. The van der Waals surface area contributed by atoms with E-state index in [0.717, 1.165) is 39.2 Å². The van der Waals surface area contributed by atoms with Gasteiger partial charge >= 0.3 is 0 Å². The van der Waals surface area contributed by atoms with Gasteiger partial charge in [-0.1, -0.05) is 11.8 Å². The van der Waals surface area contributed by atoms with Crippen LogP contribution in [0.15, 0.2) is 52.4 Å². The van der Waals surface area contributed by atoms with Crippen LogP contribution in [0, 0.1) is 11.6 Å². The van der Waals surface area contributed by atoms with E-state index in [1.165, 1.54) is 18.2 Å². The van der Waals surface area contributed by atoms with Crippen LogP contribution < -0.4 is 5.32 Å². The second-order valence-corrected chi connectivity index (χ2v) is 6.13. The van der Waals surface area contributed by atoms with Crippen molar-refractivity contribution < 1.29 is 8.78 Å².